The van der Waals surface area contributed by atoms with Crippen LogP contribution in [0, 0.1) is 15.8 Å². The van der Waals surface area contributed by atoms with Gasteiger partial charge in [0.2, 0.25) is 0 Å². The molecule has 0 aliphatic heterocycles. The lowest BCUT2D eigenvalue weighted by Crippen LogP contribution is -2.41. The van der Waals surface area contributed by atoms with Gasteiger partial charge < -0.3 is 10.4 Å². The van der Waals surface area contributed by atoms with Crippen LogP contribution in [-0.4, -0.2) is 11.0 Å². The minimum Gasteiger partial charge on any atom is -0.737 e. The molecule has 0 amide bonds. The van der Waals surface area contributed by atoms with Gasteiger partial charge in [-0.05, 0) is 17.6 Å². The number of rotatable bonds is 2. The molecule has 0 aromatic heterocycles. The topological polar surface area (TPSA) is 73.5 Å². The highest BCUT2D eigenvalue weighted by atomic mass is 16.6. The summed E-state index contributed by atoms with van der Waals surface area (Å²) in [6.45, 7) is 7.70. The van der Waals surface area contributed by atoms with Crippen LogP contribution < -0.4 is 5.43 Å². The quantitative estimate of drug-likeness (QED) is 0.377. The molecule has 0 aliphatic carbocycles. The predicted molar refractivity (Wildman–Crippen MR) is 41.5 cm³/mol. The van der Waals surface area contributed by atoms with Crippen LogP contribution in [0.2, 0.25) is 0 Å². The zero-order chi connectivity index (χ0) is 9.07. The zero-order valence-electron chi connectivity index (χ0n) is 7.29. The molecule has 0 saturated heterocycles. The van der Waals surface area contributed by atoms with Crippen LogP contribution >= 0.6 is 0 Å². The van der Waals surface area contributed by atoms with E-state index in [0.717, 1.165) is 0 Å². The van der Waals surface area contributed by atoms with Gasteiger partial charge in [-0.3, -0.25) is 0 Å². The second-order valence-corrected chi connectivity index (χ2v) is 3.57. The van der Waals surface area contributed by atoms with E-state index in [1.165, 1.54) is 0 Å². The van der Waals surface area contributed by atoms with Gasteiger partial charge in [0.15, 0.2) is 0 Å². The molecule has 0 aromatic carbocycles. The molecule has 0 heterocycles. The third-order valence-electron chi connectivity index (χ3n) is 1.68. The molecule has 0 rings (SSSR count). The van der Waals surface area contributed by atoms with Crippen molar-refractivity contribution in [2.45, 2.75) is 33.7 Å². The molecule has 1 N–H and O–H groups in total. The Bertz CT molecular complexity index is 150. The van der Waals surface area contributed by atoms with Crippen molar-refractivity contribution in [1.82, 2.24) is 5.43 Å². The van der Waals surface area contributed by atoms with Crippen LogP contribution in [0.1, 0.15) is 27.7 Å². The summed E-state index contributed by atoms with van der Waals surface area (Å²) in [4.78, 5) is -0.0596. The first-order chi connectivity index (χ1) is 4.88. The van der Waals surface area contributed by atoms with Crippen molar-refractivity contribution in [2.75, 3.05) is 0 Å². The molecule has 1 unspecified atom stereocenters. The van der Waals surface area contributed by atoms with Gasteiger partial charge in [-0.15, -0.1) is 0 Å². The number of nitrogens with one attached hydrogen (secondary N) is 1. The van der Waals surface area contributed by atoms with Gasteiger partial charge in [0.1, 0.15) is 0 Å². The Morgan fingerprint density at radius 3 is 2.18 bits per heavy atom. The lowest BCUT2D eigenvalue weighted by atomic mass is 9.89. The first kappa shape index (κ1) is 10.0. The summed E-state index contributed by atoms with van der Waals surface area (Å²) in [5, 5.41) is 22.2. The van der Waals surface area contributed by atoms with Crippen molar-refractivity contribution < 1.29 is 4.97 Å². The molecule has 66 valence electrons. The van der Waals surface area contributed by atoms with E-state index in [4.69, 9.17) is 0 Å². The zero-order valence-corrected chi connectivity index (χ0v) is 7.29. The Morgan fingerprint density at radius 2 is 1.91 bits per heavy atom. The molecule has 0 bridgehead atoms. The van der Waals surface area contributed by atoms with Gasteiger partial charge in [-0.1, -0.05) is 20.8 Å². The fourth-order valence-electron chi connectivity index (χ4n) is 0.383. The molecule has 0 aromatic rings. The van der Waals surface area contributed by atoms with Gasteiger partial charge in [0.25, 0.3) is 0 Å². The maximum absolute atomic E-state index is 10.4. The van der Waals surface area contributed by atoms with E-state index in [-0.39, 0.29) is 16.4 Å². The van der Waals surface area contributed by atoms with E-state index in [1.54, 1.807) is 0 Å². The summed E-state index contributed by atoms with van der Waals surface area (Å²) in [6, 6.07) is -0.0855. The Labute approximate surface area is 66.2 Å². The van der Waals surface area contributed by atoms with E-state index < -0.39 is 0 Å². The second kappa shape index (κ2) is 3.41. The monoisotopic (exact) mass is 160 g/mol. The molecule has 0 radical (unpaired) electrons. The Kier molecular flexibility index (Phi) is 3.10. The van der Waals surface area contributed by atoms with Crippen LogP contribution in [-0.2, 0) is 0 Å². The van der Waals surface area contributed by atoms with Crippen LogP contribution in [0.3, 0.4) is 0 Å². The molecule has 0 fully saturated rings. The minimum atomic E-state index is -0.0855. The first-order valence-corrected chi connectivity index (χ1v) is 3.44. The van der Waals surface area contributed by atoms with Gasteiger partial charge in [0, 0.05) is 4.97 Å². The summed E-state index contributed by atoms with van der Waals surface area (Å²) in [5.41, 5.74) is 2.31. The van der Waals surface area contributed by atoms with E-state index >= 15 is 0 Å². The first-order valence-electron chi connectivity index (χ1n) is 3.44. The molecule has 0 aliphatic rings. The molecule has 5 heteroatoms. The van der Waals surface area contributed by atoms with Crippen molar-refractivity contribution in [3.8, 4) is 0 Å². The van der Waals surface area contributed by atoms with Crippen molar-refractivity contribution in [3.05, 3.63) is 10.4 Å². The van der Waals surface area contributed by atoms with Gasteiger partial charge in [0.05, 0.1) is 6.04 Å². The maximum Gasteiger partial charge on any atom is 0.0866 e. The molecular weight excluding hydrogens is 146 g/mol. The molecule has 5 nitrogen and oxygen atoms in total. The highest BCUT2D eigenvalue weighted by Gasteiger charge is 2.22. The molecule has 0 saturated carbocycles. The van der Waals surface area contributed by atoms with Crippen LogP contribution in [0.25, 0.3) is 0 Å². The van der Waals surface area contributed by atoms with Gasteiger partial charge in [-0.2, -0.15) is 5.43 Å². The summed E-state index contributed by atoms with van der Waals surface area (Å²) in [7, 11) is 0. The Hall–Kier alpha value is -1.00. The number of hydrazine groups is 1. The van der Waals surface area contributed by atoms with Crippen molar-refractivity contribution in [3.63, 3.8) is 0 Å². The van der Waals surface area contributed by atoms with Crippen molar-refractivity contribution >= 4 is 0 Å². The average Bonchev–Trinajstić information content (AvgIpc) is 1.85. The number of hydrogen-bond acceptors (Lipinski definition) is 3. The number of nitrogens with zero attached hydrogens (tertiary/aromatic N) is 2. The Balaban J connectivity index is 3.98. The number of hydrogen-bond donors (Lipinski definition) is 1. The summed E-state index contributed by atoms with van der Waals surface area (Å²) in [6.07, 6.45) is 0. The van der Waals surface area contributed by atoms with E-state index in [2.05, 4.69) is 10.7 Å². The lowest BCUT2D eigenvalue weighted by molar-refractivity contribution is -0.594. The van der Waals surface area contributed by atoms with E-state index in [9.17, 15) is 10.4 Å². The van der Waals surface area contributed by atoms with Gasteiger partial charge >= 0.3 is 0 Å². The molecular formula is C6H14N3O2-. The summed E-state index contributed by atoms with van der Waals surface area (Å²) >= 11 is 0. The van der Waals surface area contributed by atoms with E-state index in [0.29, 0.717) is 0 Å². The van der Waals surface area contributed by atoms with Crippen molar-refractivity contribution in [1.29, 1.82) is 0 Å². The predicted octanol–water partition coefficient (Wildman–Crippen LogP) is 1.39. The molecule has 1 atom stereocenters. The van der Waals surface area contributed by atoms with Gasteiger partial charge in [-0.25, -0.2) is 0 Å². The summed E-state index contributed by atoms with van der Waals surface area (Å²) in [5.74, 6) is 0. The highest BCUT2D eigenvalue weighted by Crippen LogP contribution is 2.17. The molecule has 0 spiro atoms. The SMILES string of the molecule is CC(N/[N+]([O-])=N\[O-])C(C)(C)C. The third-order valence-corrected chi connectivity index (χ3v) is 1.68. The fraction of sp³-hybridized carbons (Fsp3) is 1.00. The highest BCUT2D eigenvalue weighted by molar-refractivity contribution is 4.72. The second-order valence-electron chi connectivity index (χ2n) is 3.57. The smallest absolute Gasteiger partial charge is 0.0866 e. The van der Waals surface area contributed by atoms with Crippen LogP contribution in [0.5, 0.6) is 0 Å². The largest absolute Gasteiger partial charge is 0.737 e. The van der Waals surface area contributed by atoms with Crippen LogP contribution in [0.15, 0.2) is 5.28 Å². The average molecular weight is 160 g/mol. The maximum atomic E-state index is 10.4. The van der Waals surface area contributed by atoms with E-state index in [1.807, 2.05) is 27.7 Å². The minimum absolute atomic E-state index is 0.0596. The fourth-order valence-corrected chi connectivity index (χ4v) is 0.383. The Morgan fingerprint density at radius 1 is 1.45 bits per heavy atom. The third kappa shape index (κ3) is 3.64. The summed E-state index contributed by atoms with van der Waals surface area (Å²) < 4.78 is 0. The normalized spacial score (nSPS) is 16.2. The van der Waals surface area contributed by atoms with Crippen LogP contribution in [0.4, 0.5) is 0 Å². The van der Waals surface area contributed by atoms with Crippen molar-refractivity contribution in [2.24, 2.45) is 10.7 Å². The standard InChI is InChI=1S/C6H15N3O2/c1-5(6(2,3)4)7-9(11)8-10/h5,10H,1-4H3,(H,7,8)/p-1. The lowest BCUT2D eigenvalue weighted by Gasteiger charge is -2.25. The molecule has 11 heavy (non-hydrogen) atoms.